The van der Waals surface area contributed by atoms with E-state index in [1.807, 2.05) is 0 Å². The zero-order valence-corrected chi connectivity index (χ0v) is 10.5. The van der Waals surface area contributed by atoms with Crippen molar-refractivity contribution >= 4 is 17.9 Å². The van der Waals surface area contributed by atoms with Crippen molar-refractivity contribution in [1.82, 2.24) is 10.2 Å². The number of hydrogen-bond donors (Lipinski definition) is 3. The lowest BCUT2D eigenvalue weighted by Crippen LogP contribution is -2.42. The highest BCUT2D eigenvalue weighted by molar-refractivity contribution is 5.76. The van der Waals surface area contributed by atoms with Gasteiger partial charge in [-0.1, -0.05) is 6.92 Å². The van der Waals surface area contributed by atoms with Gasteiger partial charge in [-0.2, -0.15) is 0 Å². The largest absolute Gasteiger partial charge is 0.481 e. The van der Waals surface area contributed by atoms with Crippen LogP contribution in [0.2, 0.25) is 0 Å². The number of carbonyl (C=O) groups excluding carboxylic acids is 2. The first kappa shape index (κ1) is 16.2. The third-order valence-corrected chi connectivity index (χ3v) is 2.08. The van der Waals surface area contributed by atoms with Gasteiger partial charge in [0.15, 0.2) is 0 Å². The Morgan fingerprint density at radius 3 is 2.56 bits per heavy atom. The lowest BCUT2D eigenvalue weighted by molar-refractivity contribution is -0.141. The van der Waals surface area contributed by atoms with Crippen LogP contribution in [0.15, 0.2) is 0 Å². The summed E-state index contributed by atoms with van der Waals surface area (Å²) in [6, 6.07) is -0.397. The van der Waals surface area contributed by atoms with E-state index in [1.165, 1.54) is 18.9 Å². The van der Waals surface area contributed by atoms with Crippen LogP contribution in [-0.2, 0) is 14.3 Å². The Labute approximate surface area is 105 Å². The minimum Gasteiger partial charge on any atom is -0.481 e. The Morgan fingerprint density at radius 2 is 2.06 bits per heavy atom. The van der Waals surface area contributed by atoms with Crippen molar-refractivity contribution < 1.29 is 24.2 Å². The number of carbonyl (C=O) groups is 3. The smallest absolute Gasteiger partial charge is 0.317 e. The van der Waals surface area contributed by atoms with Crippen LogP contribution in [0.25, 0.3) is 0 Å². The molecule has 0 aromatic rings. The van der Waals surface area contributed by atoms with Crippen molar-refractivity contribution in [3.8, 4) is 0 Å². The Kier molecular flexibility index (Phi) is 7.45. The molecule has 0 fully saturated rings. The number of rotatable bonds is 8. The van der Waals surface area contributed by atoms with E-state index in [4.69, 9.17) is 15.6 Å². The number of ether oxygens (including phenoxy) is 1. The Morgan fingerprint density at radius 1 is 1.44 bits per heavy atom. The molecule has 0 aromatic heterocycles. The van der Waals surface area contributed by atoms with Gasteiger partial charge in [-0.25, -0.2) is 4.79 Å². The van der Waals surface area contributed by atoms with Crippen LogP contribution in [-0.4, -0.2) is 61.3 Å². The predicted molar refractivity (Wildman–Crippen MR) is 62.8 cm³/mol. The highest BCUT2D eigenvalue weighted by atomic mass is 16.5. The molecule has 0 bridgehead atoms. The zero-order chi connectivity index (χ0) is 14.1. The molecule has 8 heteroatoms. The van der Waals surface area contributed by atoms with Crippen molar-refractivity contribution in [3.05, 3.63) is 0 Å². The Bertz CT molecular complexity index is 308. The highest BCUT2D eigenvalue weighted by Gasteiger charge is 2.16. The third-order valence-electron chi connectivity index (χ3n) is 2.08. The predicted octanol–water partition coefficient (Wildman–Crippen LogP) is -1.15. The molecule has 1 atom stereocenters. The second kappa shape index (κ2) is 8.29. The van der Waals surface area contributed by atoms with Gasteiger partial charge in [-0.3, -0.25) is 9.59 Å². The molecule has 8 nitrogen and oxygen atoms in total. The standard InChI is InChI=1S/C10H19N3O5/c1-7(9(15)16)5-13(2)10(17)12-3-4-18-6-8(11)14/h7H,3-6H2,1-2H3,(H2,11,14)(H,12,17)(H,15,16). The van der Waals surface area contributed by atoms with Gasteiger partial charge in [0.2, 0.25) is 5.91 Å². The maximum atomic E-state index is 11.5. The third kappa shape index (κ3) is 7.44. The van der Waals surface area contributed by atoms with Gasteiger partial charge in [0.25, 0.3) is 0 Å². The quantitative estimate of drug-likeness (QED) is 0.476. The Balaban J connectivity index is 3.74. The van der Waals surface area contributed by atoms with Crippen molar-refractivity contribution in [2.45, 2.75) is 6.92 Å². The maximum absolute atomic E-state index is 11.5. The van der Waals surface area contributed by atoms with Crippen molar-refractivity contribution in [1.29, 1.82) is 0 Å². The van der Waals surface area contributed by atoms with Crippen molar-refractivity contribution in [3.63, 3.8) is 0 Å². The van der Waals surface area contributed by atoms with E-state index in [-0.39, 0.29) is 26.3 Å². The summed E-state index contributed by atoms with van der Waals surface area (Å²) in [5.74, 6) is -2.17. The van der Waals surface area contributed by atoms with E-state index in [1.54, 1.807) is 0 Å². The number of carboxylic acids is 1. The van der Waals surface area contributed by atoms with Gasteiger partial charge in [0.1, 0.15) is 6.61 Å². The number of urea groups is 1. The van der Waals surface area contributed by atoms with E-state index in [2.05, 4.69) is 5.32 Å². The van der Waals surface area contributed by atoms with Crippen LogP contribution in [0.1, 0.15) is 6.92 Å². The fourth-order valence-corrected chi connectivity index (χ4v) is 1.11. The van der Waals surface area contributed by atoms with E-state index >= 15 is 0 Å². The lowest BCUT2D eigenvalue weighted by Gasteiger charge is -2.19. The van der Waals surface area contributed by atoms with Crippen molar-refractivity contribution in [2.75, 3.05) is 33.4 Å². The zero-order valence-electron chi connectivity index (χ0n) is 10.5. The van der Waals surface area contributed by atoms with Gasteiger partial charge < -0.3 is 25.8 Å². The number of nitrogens with zero attached hydrogens (tertiary/aromatic N) is 1. The molecule has 18 heavy (non-hydrogen) atoms. The van der Waals surface area contributed by atoms with Gasteiger partial charge in [0, 0.05) is 20.1 Å². The number of primary amides is 1. The van der Waals surface area contributed by atoms with E-state index in [0.29, 0.717) is 0 Å². The number of hydrogen-bond acceptors (Lipinski definition) is 4. The molecule has 0 heterocycles. The molecule has 0 aliphatic rings. The minimum atomic E-state index is -0.959. The van der Waals surface area contributed by atoms with Gasteiger partial charge in [0.05, 0.1) is 12.5 Å². The monoisotopic (exact) mass is 261 g/mol. The maximum Gasteiger partial charge on any atom is 0.317 e. The highest BCUT2D eigenvalue weighted by Crippen LogP contribution is 1.98. The second-order valence-corrected chi connectivity index (χ2v) is 3.87. The van der Waals surface area contributed by atoms with E-state index in [0.717, 1.165) is 0 Å². The molecule has 104 valence electrons. The fraction of sp³-hybridized carbons (Fsp3) is 0.700. The van der Waals surface area contributed by atoms with Gasteiger partial charge in [-0.15, -0.1) is 0 Å². The van der Waals surface area contributed by atoms with Crippen LogP contribution in [0.4, 0.5) is 4.79 Å². The minimum absolute atomic E-state index is 0.114. The van der Waals surface area contributed by atoms with Crippen LogP contribution >= 0.6 is 0 Å². The SMILES string of the molecule is CC(CN(C)C(=O)NCCOCC(N)=O)C(=O)O. The molecule has 0 rings (SSSR count). The average Bonchev–Trinajstić information content (AvgIpc) is 2.27. The van der Waals surface area contributed by atoms with Gasteiger partial charge >= 0.3 is 12.0 Å². The molecule has 0 saturated carbocycles. The molecular formula is C10H19N3O5. The average molecular weight is 261 g/mol. The molecule has 4 N–H and O–H groups in total. The number of nitrogens with one attached hydrogen (secondary N) is 1. The summed E-state index contributed by atoms with van der Waals surface area (Å²) in [7, 11) is 1.50. The fourth-order valence-electron chi connectivity index (χ4n) is 1.11. The van der Waals surface area contributed by atoms with Crippen LogP contribution < -0.4 is 11.1 Å². The number of carboxylic acid groups (broad SMARTS) is 1. The normalized spacial score (nSPS) is 11.7. The first-order valence-corrected chi connectivity index (χ1v) is 5.42. The van der Waals surface area contributed by atoms with Crippen LogP contribution in [0.3, 0.4) is 0 Å². The molecule has 0 spiro atoms. The molecule has 0 radical (unpaired) electrons. The summed E-state index contributed by atoms with van der Waals surface area (Å²) < 4.78 is 4.84. The summed E-state index contributed by atoms with van der Waals surface area (Å²) in [6.45, 7) is 1.82. The van der Waals surface area contributed by atoms with Crippen molar-refractivity contribution in [2.24, 2.45) is 11.7 Å². The first-order valence-electron chi connectivity index (χ1n) is 5.42. The van der Waals surface area contributed by atoms with E-state index < -0.39 is 23.8 Å². The molecule has 0 saturated heterocycles. The molecule has 0 aliphatic heterocycles. The summed E-state index contributed by atoms with van der Waals surface area (Å²) in [4.78, 5) is 33.7. The Hall–Kier alpha value is -1.83. The number of amides is 3. The first-order chi connectivity index (χ1) is 8.34. The van der Waals surface area contributed by atoms with Crippen LogP contribution in [0.5, 0.6) is 0 Å². The lowest BCUT2D eigenvalue weighted by atomic mass is 10.2. The molecular weight excluding hydrogens is 242 g/mol. The molecule has 0 aromatic carbocycles. The summed E-state index contributed by atoms with van der Waals surface area (Å²) >= 11 is 0. The topological polar surface area (TPSA) is 122 Å². The molecule has 0 aliphatic carbocycles. The summed E-state index contributed by atoms with van der Waals surface area (Å²) in [5, 5.41) is 11.2. The number of aliphatic carboxylic acids is 1. The molecule has 1 unspecified atom stereocenters. The second-order valence-electron chi connectivity index (χ2n) is 3.87. The summed E-state index contributed by atoms with van der Waals surface area (Å²) in [5.41, 5.74) is 4.85. The summed E-state index contributed by atoms with van der Waals surface area (Å²) in [6.07, 6.45) is 0. The number of nitrogens with two attached hydrogens (primary N) is 1. The van der Waals surface area contributed by atoms with Gasteiger partial charge in [-0.05, 0) is 0 Å². The van der Waals surface area contributed by atoms with E-state index in [9.17, 15) is 14.4 Å². The van der Waals surface area contributed by atoms with Crippen LogP contribution in [0, 0.1) is 5.92 Å². The molecule has 3 amide bonds.